The molecule has 1 fully saturated rings. The van der Waals surface area contributed by atoms with Gasteiger partial charge in [0, 0.05) is 12.8 Å². The molecule has 0 amide bonds. The summed E-state index contributed by atoms with van der Waals surface area (Å²) in [5.74, 6) is 0.841. The van der Waals surface area contributed by atoms with Crippen LogP contribution in [0.5, 0.6) is 5.75 Å². The first-order valence-electron chi connectivity index (χ1n) is 9.37. The van der Waals surface area contributed by atoms with Gasteiger partial charge in [-0.3, -0.25) is 4.90 Å². The van der Waals surface area contributed by atoms with Crippen molar-refractivity contribution in [1.82, 2.24) is 9.88 Å². The van der Waals surface area contributed by atoms with Gasteiger partial charge in [0.15, 0.2) is 0 Å². The number of hydrogen-bond acceptors (Lipinski definition) is 5. The third-order valence-electron chi connectivity index (χ3n) is 4.93. The van der Waals surface area contributed by atoms with Gasteiger partial charge in [0.2, 0.25) is 0 Å². The molecular weight excluding hydrogens is 431 g/mol. The molecule has 0 saturated carbocycles. The van der Waals surface area contributed by atoms with Crippen molar-refractivity contribution in [2.75, 3.05) is 33.2 Å². The maximum absolute atomic E-state index is 6.17. The maximum Gasteiger partial charge on any atom is 0.131 e. The van der Waals surface area contributed by atoms with Gasteiger partial charge in [0.1, 0.15) is 16.1 Å². The van der Waals surface area contributed by atoms with Crippen molar-refractivity contribution in [2.45, 2.75) is 25.6 Å². The van der Waals surface area contributed by atoms with Crippen LogP contribution in [-0.2, 0) is 15.5 Å². The van der Waals surface area contributed by atoms with E-state index in [0.717, 1.165) is 17.9 Å². The summed E-state index contributed by atoms with van der Waals surface area (Å²) in [6, 6.07) is 11.9. The Morgan fingerprint density at radius 1 is 1.21 bits per heavy atom. The highest BCUT2D eigenvalue weighted by molar-refractivity contribution is 8.10. The van der Waals surface area contributed by atoms with Crippen LogP contribution in [0.25, 0.3) is 0 Å². The van der Waals surface area contributed by atoms with E-state index in [1.807, 2.05) is 31.2 Å². The SMILES string of the molecule is C/C=S(/C)OC[C@@H]1COC[C@@H](c2cc(Cl)nc(Cl)c2)N1Cc1ccc(OC)cc1. The van der Waals surface area contributed by atoms with Gasteiger partial charge in [-0.1, -0.05) is 46.1 Å². The second-order valence-corrected chi connectivity index (χ2v) is 9.27. The predicted molar refractivity (Wildman–Crippen MR) is 121 cm³/mol. The molecule has 3 rings (SSSR count). The highest BCUT2D eigenvalue weighted by Crippen LogP contribution is 2.32. The Bertz CT molecular complexity index is 828. The molecule has 0 spiro atoms. The fourth-order valence-electron chi connectivity index (χ4n) is 3.30. The summed E-state index contributed by atoms with van der Waals surface area (Å²) in [4.78, 5) is 6.48. The summed E-state index contributed by atoms with van der Waals surface area (Å²) in [5.41, 5.74) is 2.18. The molecule has 1 aromatic heterocycles. The standard InChI is InChI=1S/C21H26Cl2N2O3S/c1-4-29(3)28-13-17-12-27-14-19(16-9-20(22)24-21(23)10-16)25(17)11-15-5-7-18(26-2)8-6-15/h4-10,17,19H,11-14H2,1-3H3/t17-,19-,29?/m0/s1. The average Bonchev–Trinajstić information content (AvgIpc) is 2.72. The number of aromatic nitrogens is 1. The Labute approximate surface area is 185 Å². The average molecular weight is 457 g/mol. The molecule has 0 radical (unpaired) electrons. The molecule has 0 bridgehead atoms. The van der Waals surface area contributed by atoms with Gasteiger partial charge in [-0.25, -0.2) is 4.98 Å². The van der Waals surface area contributed by atoms with Crippen molar-refractivity contribution in [1.29, 1.82) is 0 Å². The molecule has 0 N–H and O–H groups in total. The van der Waals surface area contributed by atoms with E-state index < -0.39 is 0 Å². The van der Waals surface area contributed by atoms with Crippen molar-refractivity contribution >= 4 is 39.3 Å². The Morgan fingerprint density at radius 3 is 2.52 bits per heavy atom. The fourth-order valence-corrected chi connectivity index (χ4v) is 4.29. The number of nitrogens with zero attached hydrogens (tertiary/aromatic N) is 2. The monoisotopic (exact) mass is 456 g/mol. The number of methoxy groups -OCH3 is 1. The lowest BCUT2D eigenvalue weighted by Gasteiger charge is -2.42. The first kappa shape index (κ1) is 22.5. The van der Waals surface area contributed by atoms with Gasteiger partial charge in [-0.05, 0) is 47.7 Å². The van der Waals surface area contributed by atoms with Gasteiger partial charge >= 0.3 is 0 Å². The Kier molecular flexibility index (Phi) is 8.35. The lowest BCUT2D eigenvalue weighted by molar-refractivity contribution is -0.0662. The van der Waals surface area contributed by atoms with E-state index in [1.54, 1.807) is 7.11 Å². The van der Waals surface area contributed by atoms with E-state index in [1.165, 1.54) is 5.56 Å². The topological polar surface area (TPSA) is 43.8 Å². The molecular formula is C21H26Cl2N2O3S. The van der Waals surface area contributed by atoms with E-state index in [9.17, 15) is 0 Å². The fraction of sp³-hybridized carbons (Fsp3) is 0.429. The number of benzene rings is 1. The van der Waals surface area contributed by atoms with Crippen LogP contribution in [0.2, 0.25) is 10.3 Å². The van der Waals surface area contributed by atoms with E-state index in [2.05, 4.69) is 33.6 Å². The predicted octanol–water partition coefficient (Wildman–Crippen LogP) is 4.99. The van der Waals surface area contributed by atoms with Crippen LogP contribution in [0.3, 0.4) is 0 Å². The summed E-state index contributed by atoms with van der Waals surface area (Å²) in [5, 5.41) is 2.83. The van der Waals surface area contributed by atoms with Crippen LogP contribution in [0, 0.1) is 0 Å². The Morgan fingerprint density at radius 2 is 1.90 bits per heavy atom. The quantitative estimate of drug-likeness (QED) is 0.433. The van der Waals surface area contributed by atoms with E-state index in [-0.39, 0.29) is 22.8 Å². The lowest BCUT2D eigenvalue weighted by Crippen LogP contribution is -2.49. The summed E-state index contributed by atoms with van der Waals surface area (Å²) < 4.78 is 17.3. The summed E-state index contributed by atoms with van der Waals surface area (Å²) in [6.07, 6.45) is 2.07. The smallest absolute Gasteiger partial charge is 0.131 e. The van der Waals surface area contributed by atoms with Gasteiger partial charge < -0.3 is 13.7 Å². The van der Waals surface area contributed by atoms with Crippen LogP contribution in [0.1, 0.15) is 24.1 Å². The van der Waals surface area contributed by atoms with Crippen molar-refractivity contribution in [3.8, 4) is 5.75 Å². The number of halogens is 2. The number of hydrogen-bond donors (Lipinski definition) is 0. The zero-order chi connectivity index (χ0) is 20.8. The van der Waals surface area contributed by atoms with Gasteiger partial charge in [0.05, 0.1) is 39.0 Å². The van der Waals surface area contributed by atoms with Gasteiger partial charge in [0.25, 0.3) is 0 Å². The van der Waals surface area contributed by atoms with Crippen LogP contribution < -0.4 is 4.74 Å². The minimum atomic E-state index is -0.183. The molecule has 0 aliphatic carbocycles. The molecule has 1 aromatic carbocycles. The number of ether oxygens (including phenoxy) is 2. The molecule has 1 aliphatic rings. The maximum atomic E-state index is 6.17. The zero-order valence-electron chi connectivity index (χ0n) is 16.8. The Hall–Kier alpha value is -1.15. The highest BCUT2D eigenvalue weighted by atomic mass is 35.5. The van der Waals surface area contributed by atoms with E-state index >= 15 is 0 Å². The Balaban J connectivity index is 1.88. The second kappa shape index (κ2) is 10.8. The second-order valence-electron chi connectivity index (χ2n) is 6.79. The normalized spacial score (nSPS) is 21.3. The van der Waals surface area contributed by atoms with Gasteiger partial charge in [-0.2, -0.15) is 0 Å². The molecule has 158 valence electrons. The third-order valence-corrected chi connectivity index (χ3v) is 6.49. The number of morpholine rings is 1. The van der Waals surface area contributed by atoms with Crippen LogP contribution in [0.4, 0.5) is 0 Å². The molecule has 2 aromatic rings. The van der Waals surface area contributed by atoms with E-state index in [4.69, 9.17) is 36.9 Å². The highest BCUT2D eigenvalue weighted by Gasteiger charge is 2.33. The zero-order valence-corrected chi connectivity index (χ0v) is 19.1. The summed E-state index contributed by atoms with van der Waals surface area (Å²) >= 11 is 12.3. The first-order chi connectivity index (χ1) is 14.0. The van der Waals surface area contributed by atoms with E-state index in [0.29, 0.717) is 30.1 Å². The molecule has 3 atom stereocenters. The number of pyridine rings is 1. The lowest BCUT2D eigenvalue weighted by atomic mass is 10.0. The minimum absolute atomic E-state index is 0.00157. The summed E-state index contributed by atoms with van der Waals surface area (Å²) in [6.45, 7) is 4.51. The minimum Gasteiger partial charge on any atom is -0.497 e. The first-order valence-corrected chi connectivity index (χ1v) is 11.7. The molecule has 29 heavy (non-hydrogen) atoms. The molecule has 5 nitrogen and oxygen atoms in total. The van der Waals surface area contributed by atoms with Crippen molar-refractivity contribution < 1.29 is 13.7 Å². The van der Waals surface area contributed by atoms with Crippen molar-refractivity contribution in [2.24, 2.45) is 0 Å². The third kappa shape index (κ3) is 6.17. The number of rotatable bonds is 7. The van der Waals surface area contributed by atoms with Gasteiger partial charge in [-0.15, -0.1) is 0 Å². The molecule has 1 unspecified atom stereocenters. The largest absolute Gasteiger partial charge is 0.497 e. The summed E-state index contributed by atoms with van der Waals surface area (Å²) in [7, 11) is 1.49. The molecule has 1 saturated heterocycles. The van der Waals surface area contributed by atoms with Crippen LogP contribution in [-0.4, -0.2) is 54.5 Å². The van der Waals surface area contributed by atoms with Crippen molar-refractivity contribution in [3.63, 3.8) is 0 Å². The molecule has 2 heterocycles. The van der Waals surface area contributed by atoms with Crippen LogP contribution >= 0.6 is 34.0 Å². The molecule has 1 aliphatic heterocycles. The molecule has 8 heteroatoms. The van der Waals surface area contributed by atoms with Crippen LogP contribution in [0.15, 0.2) is 36.4 Å². The van der Waals surface area contributed by atoms with Crippen molar-refractivity contribution in [3.05, 3.63) is 57.8 Å².